The molecule has 1 unspecified atom stereocenters. The lowest BCUT2D eigenvalue weighted by Gasteiger charge is -2.23. The number of nitrogens with two attached hydrogens (primary N) is 1. The molecule has 2 aliphatic carbocycles. The first-order valence-electron chi connectivity index (χ1n) is 9.03. The largest absolute Gasteiger partial charge is 0.474 e. The number of aryl methyl sites for hydroxylation is 1. The van der Waals surface area contributed by atoms with Gasteiger partial charge in [-0.3, -0.25) is 4.79 Å². The van der Waals surface area contributed by atoms with Crippen molar-refractivity contribution in [3.8, 4) is 5.88 Å². The summed E-state index contributed by atoms with van der Waals surface area (Å²) in [6.07, 6.45) is 8.71. The van der Waals surface area contributed by atoms with Crippen LogP contribution in [0.25, 0.3) is 10.2 Å². The molecular formula is C18H23N3O3S. The summed E-state index contributed by atoms with van der Waals surface area (Å²) < 4.78 is 6.25. The van der Waals surface area contributed by atoms with Gasteiger partial charge >= 0.3 is 0 Å². The van der Waals surface area contributed by atoms with E-state index in [-0.39, 0.29) is 12.0 Å². The van der Waals surface area contributed by atoms with Gasteiger partial charge in [0.05, 0.1) is 5.39 Å². The number of ether oxygens (including phenoxy) is 1. The fourth-order valence-corrected chi connectivity index (χ4v) is 5.32. The predicted molar refractivity (Wildman–Crippen MR) is 95.8 cm³/mol. The van der Waals surface area contributed by atoms with Crippen molar-refractivity contribution >= 4 is 27.5 Å². The second-order valence-corrected chi connectivity index (χ2v) is 8.15. The molecule has 1 saturated carbocycles. The van der Waals surface area contributed by atoms with E-state index in [1.807, 2.05) is 0 Å². The number of rotatable bonds is 5. The van der Waals surface area contributed by atoms with Crippen LogP contribution in [0.4, 0.5) is 0 Å². The quantitative estimate of drug-likeness (QED) is 0.853. The number of aliphatic hydroxyl groups excluding tert-OH is 1. The smallest absolute Gasteiger partial charge is 0.246 e. The van der Waals surface area contributed by atoms with Crippen molar-refractivity contribution in [2.24, 2.45) is 5.73 Å². The minimum atomic E-state index is -1.11. The van der Waals surface area contributed by atoms with E-state index in [0.29, 0.717) is 12.3 Å². The number of nitrogens with zero attached hydrogens (tertiary/aromatic N) is 2. The molecule has 2 aliphatic rings. The Balaban J connectivity index is 1.67. The molecule has 4 rings (SSSR count). The molecule has 25 heavy (non-hydrogen) atoms. The molecular weight excluding hydrogens is 338 g/mol. The second kappa shape index (κ2) is 6.88. The normalized spacial score (nSPS) is 22.0. The fraction of sp³-hybridized carbons (Fsp3) is 0.611. The van der Waals surface area contributed by atoms with Gasteiger partial charge in [-0.05, 0) is 56.4 Å². The highest BCUT2D eigenvalue weighted by Crippen LogP contribution is 2.47. The van der Waals surface area contributed by atoms with Crippen LogP contribution < -0.4 is 10.5 Å². The molecule has 0 radical (unpaired) electrons. The van der Waals surface area contributed by atoms with Crippen molar-refractivity contribution in [2.75, 3.05) is 0 Å². The lowest BCUT2D eigenvalue weighted by molar-refractivity contribution is -0.126. The van der Waals surface area contributed by atoms with Gasteiger partial charge in [-0.2, -0.15) is 0 Å². The number of thiophene rings is 1. The Morgan fingerprint density at radius 1 is 1.32 bits per heavy atom. The van der Waals surface area contributed by atoms with Gasteiger partial charge in [-0.25, -0.2) is 9.97 Å². The molecule has 3 N–H and O–H groups in total. The minimum absolute atomic E-state index is 0.103. The lowest BCUT2D eigenvalue weighted by atomic mass is 9.94. The monoisotopic (exact) mass is 361 g/mol. The molecule has 1 fully saturated rings. The third kappa shape index (κ3) is 3.22. The number of carbonyl (C=O) groups excluding carboxylic acids is 1. The maximum atomic E-state index is 11.3. The summed E-state index contributed by atoms with van der Waals surface area (Å²) in [4.78, 5) is 22.3. The molecule has 2 aromatic rings. The van der Waals surface area contributed by atoms with Crippen molar-refractivity contribution in [3.63, 3.8) is 0 Å². The lowest BCUT2D eigenvalue weighted by Crippen LogP contribution is -2.29. The van der Waals surface area contributed by atoms with Gasteiger partial charge in [-0.1, -0.05) is 6.42 Å². The molecule has 0 aromatic carbocycles. The van der Waals surface area contributed by atoms with E-state index >= 15 is 0 Å². The van der Waals surface area contributed by atoms with Crippen LogP contribution in [0.1, 0.15) is 61.3 Å². The first kappa shape index (κ1) is 16.7. The van der Waals surface area contributed by atoms with E-state index in [1.165, 1.54) is 24.1 Å². The van der Waals surface area contributed by atoms with E-state index in [2.05, 4.69) is 9.97 Å². The highest BCUT2D eigenvalue weighted by Gasteiger charge is 2.33. The molecule has 134 valence electrons. The van der Waals surface area contributed by atoms with E-state index in [0.717, 1.165) is 41.5 Å². The Bertz CT molecular complexity index is 785. The molecule has 0 aliphatic heterocycles. The van der Waals surface area contributed by atoms with Gasteiger partial charge in [0.1, 0.15) is 23.4 Å². The zero-order valence-electron chi connectivity index (χ0n) is 14.1. The maximum Gasteiger partial charge on any atom is 0.246 e. The Kier molecular flexibility index (Phi) is 4.60. The zero-order chi connectivity index (χ0) is 17.4. The topological polar surface area (TPSA) is 98.3 Å². The van der Waals surface area contributed by atoms with Crippen molar-refractivity contribution in [1.82, 2.24) is 9.97 Å². The SMILES string of the molecule is NC(=O)[C@H](O)CC1CCc2sc3ncnc(OC4CCCCC4)c3c21. The number of hydrogen-bond acceptors (Lipinski definition) is 6. The van der Waals surface area contributed by atoms with E-state index in [9.17, 15) is 9.90 Å². The summed E-state index contributed by atoms with van der Waals surface area (Å²) in [7, 11) is 0. The average Bonchev–Trinajstić information content (AvgIpc) is 3.16. The third-order valence-electron chi connectivity index (χ3n) is 5.36. The molecule has 0 bridgehead atoms. The number of fused-ring (bicyclic) bond motifs is 3. The molecule has 2 atom stereocenters. The highest BCUT2D eigenvalue weighted by molar-refractivity contribution is 7.19. The number of amides is 1. The van der Waals surface area contributed by atoms with Gasteiger partial charge in [0.2, 0.25) is 11.8 Å². The van der Waals surface area contributed by atoms with Gasteiger partial charge in [0.15, 0.2) is 0 Å². The maximum absolute atomic E-state index is 11.3. The first-order valence-corrected chi connectivity index (χ1v) is 9.85. The highest BCUT2D eigenvalue weighted by atomic mass is 32.1. The van der Waals surface area contributed by atoms with Crippen molar-refractivity contribution in [1.29, 1.82) is 0 Å². The molecule has 2 heterocycles. The van der Waals surface area contributed by atoms with E-state index in [4.69, 9.17) is 10.5 Å². The van der Waals surface area contributed by atoms with E-state index in [1.54, 1.807) is 17.7 Å². The first-order chi connectivity index (χ1) is 12.1. The molecule has 7 heteroatoms. The van der Waals surface area contributed by atoms with Crippen LogP contribution in [0.15, 0.2) is 6.33 Å². The van der Waals surface area contributed by atoms with Crippen LogP contribution in [0.3, 0.4) is 0 Å². The number of carbonyl (C=O) groups is 1. The summed E-state index contributed by atoms with van der Waals surface area (Å²) in [5, 5.41) is 10.9. The molecule has 1 amide bonds. The minimum Gasteiger partial charge on any atom is -0.474 e. The standard InChI is InChI=1S/C18H23N3O3S/c19-16(23)12(22)8-10-6-7-13-14(10)15-17(20-9-21-18(15)25-13)24-11-4-2-1-3-5-11/h9-12,22H,1-8H2,(H2,19,23)/t10?,12-/m1/s1. The summed E-state index contributed by atoms with van der Waals surface area (Å²) in [6.45, 7) is 0. The van der Waals surface area contributed by atoms with Crippen LogP contribution in [0.5, 0.6) is 5.88 Å². The summed E-state index contributed by atoms with van der Waals surface area (Å²) >= 11 is 1.67. The Morgan fingerprint density at radius 2 is 2.12 bits per heavy atom. The third-order valence-corrected chi connectivity index (χ3v) is 6.54. The number of aliphatic hydroxyl groups is 1. The van der Waals surface area contributed by atoms with Crippen molar-refractivity contribution in [2.45, 2.75) is 69.5 Å². The summed E-state index contributed by atoms with van der Waals surface area (Å²) in [6, 6.07) is 0. The fourth-order valence-electron chi connectivity index (χ4n) is 4.09. The Morgan fingerprint density at radius 3 is 2.88 bits per heavy atom. The van der Waals surface area contributed by atoms with Crippen LogP contribution in [-0.4, -0.2) is 33.2 Å². The van der Waals surface area contributed by atoms with Crippen LogP contribution >= 0.6 is 11.3 Å². The van der Waals surface area contributed by atoms with Gasteiger partial charge < -0.3 is 15.6 Å². The molecule has 6 nitrogen and oxygen atoms in total. The predicted octanol–water partition coefficient (Wildman–Crippen LogP) is 2.67. The van der Waals surface area contributed by atoms with Crippen molar-refractivity contribution in [3.05, 3.63) is 16.8 Å². The van der Waals surface area contributed by atoms with E-state index < -0.39 is 12.0 Å². The molecule has 0 spiro atoms. The molecule has 2 aromatic heterocycles. The average molecular weight is 361 g/mol. The summed E-state index contributed by atoms with van der Waals surface area (Å²) in [5.74, 6) is 0.101. The molecule has 0 saturated heterocycles. The number of hydrogen-bond donors (Lipinski definition) is 2. The zero-order valence-corrected chi connectivity index (χ0v) is 14.9. The summed E-state index contributed by atoms with van der Waals surface area (Å²) in [5.41, 5.74) is 6.40. The van der Waals surface area contributed by atoms with Gasteiger partial charge in [-0.15, -0.1) is 11.3 Å². The van der Waals surface area contributed by atoms with Crippen LogP contribution in [-0.2, 0) is 11.2 Å². The van der Waals surface area contributed by atoms with Crippen LogP contribution in [0, 0.1) is 0 Å². The van der Waals surface area contributed by atoms with Crippen molar-refractivity contribution < 1.29 is 14.6 Å². The Hall–Kier alpha value is -1.73. The second-order valence-electron chi connectivity index (χ2n) is 7.07. The van der Waals surface area contributed by atoms with Gasteiger partial charge in [0, 0.05) is 4.88 Å². The van der Waals surface area contributed by atoms with Gasteiger partial charge in [0.25, 0.3) is 0 Å². The number of aromatic nitrogens is 2. The Labute approximate surface area is 150 Å². The number of primary amides is 1. The van der Waals surface area contributed by atoms with Crippen LogP contribution in [0.2, 0.25) is 0 Å².